The molecule has 0 aliphatic carbocycles. The highest BCUT2D eigenvalue weighted by Crippen LogP contribution is 2.22. The highest BCUT2D eigenvalue weighted by Gasteiger charge is 2.22. The van der Waals surface area contributed by atoms with E-state index >= 15 is 0 Å². The van der Waals surface area contributed by atoms with E-state index in [-0.39, 0.29) is 17.7 Å². The van der Waals surface area contributed by atoms with Gasteiger partial charge in [-0.1, -0.05) is 0 Å². The van der Waals surface area contributed by atoms with Crippen LogP contribution in [0.3, 0.4) is 0 Å². The zero-order valence-corrected chi connectivity index (χ0v) is 19.3. The van der Waals surface area contributed by atoms with Gasteiger partial charge in [0.05, 0.1) is 17.3 Å². The third-order valence-electron chi connectivity index (χ3n) is 6.30. The number of likely N-dealkylation sites (tertiary alicyclic amines) is 1. The lowest BCUT2D eigenvalue weighted by atomic mass is 10.0. The van der Waals surface area contributed by atoms with E-state index < -0.39 is 6.10 Å². The number of carbonyl (C=O) groups excluding carboxylic acids is 2. The Bertz CT molecular complexity index is 941. The Morgan fingerprint density at radius 2 is 2.09 bits per heavy atom. The second-order valence-electron chi connectivity index (χ2n) is 8.68. The Kier molecular flexibility index (Phi) is 7.49. The van der Waals surface area contributed by atoms with Gasteiger partial charge in [-0.05, 0) is 37.8 Å². The van der Waals surface area contributed by atoms with Crippen molar-refractivity contribution in [2.24, 2.45) is 0 Å². The van der Waals surface area contributed by atoms with E-state index in [1.165, 1.54) is 4.88 Å². The number of β-amino-alcohol motifs (C(OH)–C–C–N with tert-alkyl or cyclic N) is 1. The average Bonchev–Trinajstić information content (AvgIpc) is 3.26. The third-order valence-corrected chi connectivity index (χ3v) is 7.24. The van der Waals surface area contributed by atoms with Crippen LogP contribution < -0.4 is 5.32 Å². The van der Waals surface area contributed by atoms with Crippen LogP contribution in [0.5, 0.6) is 0 Å². The number of amides is 1. The van der Waals surface area contributed by atoms with Crippen LogP contribution in [0.1, 0.15) is 53.5 Å². The van der Waals surface area contributed by atoms with Gasteiger partial charge < -0.3 is 15.3 Å². The van der Waals surface area contributed by atoms with E-state index in [1.807, 2.05) is 10.4 Å². The Morgan fingerprint density at radius 3 is 2.88 bits per heavy atom. The van der Waals surface area contributed by atoms with Crippen molar-refractivity contribution in [3.63, 3.8) is 0 Å². The summed E-state index contributed by atoms with van der Waals surface area (Å²) >= 11 is 1.70. The highest BCUT2D eigenvalue weighted by atomic mass is 32.1. The molecule has 0 spiro atoms. The molecular formula is C23H31N5O3S. The standard InChI is InChI=1S/C23H31N5O3S/c1-16(29)28-10-5-18(6-11-28)26-23-12-17(4-8-24-23)21(31)3-2-19(30)13-27-9-7-22-20(14-27)25-15-32-22/h4,8,12,15,18-19,30H,2-3,5-7,9-11,13-14H2,1H3,(H,24,26)/t19-/m0/s1. The number of piperidine rings is 1. The normalized spacial score (nSPS) is 18.2. The Balaban J connectivity index is 1.23. The number of anilines is 1. The predicted octanol–water partition coefficient (Wildman–Crippen LogP) is 2.34. The SMILES string of the molecule is CC(=O)N1CCC(Nc2cc(C(=O)CC[C@H](O)CN3CCc4scnc4C3)ccn2)CC1. The summed E-state index contributed by atoms with van der Waals surface area (Å²) in [4.78, 5) is 38.3. The van der Waals surface area contributed by atoms with Crippen LogP contribution in [0.15, 0.2) is 23.8 Å². The molecule has 2 aromatic rings. The number of thiazole rings is 1. The third kappa shape index (κ3) is 5.90. The summed E-state index contributed by atoms with van der Waals surface area (Å²) in [6.07, 6.45) is 4.56. The zero-order valence-electron chi connectivity index (χ0n) is 18.5. The number of nitrogens with one attached hydrogen (secondary N) is 1. The van der Waals surface area contributed by atoms with Crippen molar-refractivity contribution in [1.82, 2.24) is 19.8 Å². The summed E-state index contributed by atoms with van der Waals surface area (Å²) in [5, 5.41) is 13.9. The molecule has 1 atom stereocenters. The molecule has 2 aliphatic heterocycles. The number of fused-ring (bicyclic) bond motifs is 1. The van der Waals surface area contributed by atoms with Crippen molar-refractivity contribution >= 4 is 28.8 Å². The first-order valence-electron chi connectivity index (χ1n) is 11.3. The molecule has 0 unspecified atom stereocenters. The second kappa shape index (κ2) is 10.5. The maximum Gasteiger partial charge on any atom is 0.219 e. The van der Waals surface area contributed by atoms with E-state index in [9.17, 15) is 14.7 Å². The van der Waals surface area contributed by atoms with Gasteiger partial charge in [0.15, 0.2) is 5.78 Å². The molecule has 2 aliphatic rings. The van der Waals surface area contributed by atoms with E-state index in [2.05, 4.69) is 20.2 Å². The molecule has 1 amide bonds. The van der Waals surface area contributed by atoms with Gasteiger partial charge in [-0.15, -0.1) is 11.3 Å². The molecule has 0 saturated carbocycles. The van der Waals surface area contributed by atoms with Gasteiger partial charge in [-0.3, -0.25) is 14.5 Å². The lowest BCUT2D eigenvalue weighted by Gasteiger charge is -2.32. The summed E-state index contributed by atoms with van der Waals surface area (Å²) in [6, 6.07) is 3.76. The van der Waals surface area contributed by atoms with E-state index in [0.29, 0.717) is 30.8 Å². The van der Waals surface area contributed by atoms with Gasteiger partial charge in [0.2, 0.25) is 5.91 Å². The number of aliphatic hydroxyl groups is 1. The fraction of sp³-hybridized carbons (Fsp3) is 0.565. The lowest BCUT2D eigenvalue weighted by Crippen LogP contribution is -2.41. The number of nitrogens with zero attached hydrogens (tertiary/aromatic N) is 4. The predicted molar refractivity (Wildman–Crippen MR) is 124 cm³/mol. The van der Waals surface area contributed by atoms with Gasteiger partial charge in [0, 0.05) is 68.7 Å². The largest absolute Gasteiger partial charge is 0.392 e. The molecule has 4 rings (SSSR count). The monoisotopic (exact) mass is 457 g/mol. The average molecular weight is 458 g/mol. The smallest absolute Gasteiger partial charge is 0.219 e. The number of Topliss-reactive ketones (excluding diaryl/α,β-unsaturated/α-hetero) is 1. The Morgan fingerprint density at radius 1 is 1.28 bits per heavy atom. The van der Waals surface area contributed by atoms with Crippen LogP contribution in [0.2, 0.25) is 0 Å². The fourth-order valence-electron chi connectivity index (χ4n) is 4.39. The van der Waals surface area contributed by atoms with Crippen LogP contribution in [0.4, 0.5) is 5.82 Å². The molecule has 0 aromatic carbocycles. The van der Waals surface area contributed by atoms with Gasteiger partial charge in [-0.2, -0.15) is 0 Å². The maximum absolute atomic E-state index is 12.7. The molecule has 32 heavy (non-hydrogen) atoms. The Labute approximate surface area is 192 Å². The van der Waals surface area contributed by atoms with E-state index in [4.69, 9.17) is 0 Å². The first-order valence-corrected chi connectivity index (χ1v) is 12.2. The lowest BCUT2D eigenvalue weighted by molar-refractivity contribution is -0.129. The minimum atomic E-state index is -0.537. The summed E-state index contributed by atoms with van der Waals surface area (Å²) < 4.78 is 0. The van der Waals surface area contributed by atoms with E-state index in [1.54, 1.807) is 36.6 Å². The number of aromatic nitrogens is 2. The van der Waals surface area contributed by atoms with Crippen molar-refractivity contribution < 1.29 is 14.7 Å². The number of hydrogen-bond acceptors (Lipinski definition) is 8. The molecule has 172 valence electrons. The highest BCUT2D eigenvalue weighted by molar-refractivity contribution is 7.09. The first kappa shape index (κ1) is 22.8. The number of carbonyl (C=O) groups is 2. The van der Waals surface area contributed by atoms with E-state index in [0.717, 1.165) is 51.1 Å². The molecule has 1 saturated heterocycles. The van der Waals surface area contributed by atoms with Crippen LogP contribution in [0, 0.1) is 0 Å². The van der Waals surface area contributed by atoms with Crippen LogP contribution >= 0.6 is 11.3 Å². The fourth-order valence-corrected chi connectivity index (χ4v) is 5.16. The number of aliphatic hydroxyl groups excluding tert-OH is 1. The zero-order chi connectivity index (χ0) is 22.5. The number of ketones is 1. The van der Waals surface area contributed by atoms with Gasteiger partial charge in [-0.25, -0.2) is 9.97 Å². The number of pyridine rings is 1. The number of hydrogen-bond donors (Lipinski definition) is 2. The molecule has 2 N–H and O–H groups in total. The van der Waals surface area contributed by atoms with Crippen molar-refractivity contribution in [1.29, 1.82) is 0 Å². The number of rotatable bonds is 8. The van der Waals surface area contributed by atoms with Gasteiger partial charge in [0.1, 0.15) is 5.82 Å². The summed E-state index contributed by atoms with van der Waals surface area (Å²) in [5.41, 5.74) is 3.62. The summed E-state index contributed by atoms with van der Waals surface area (Å²) in [7, 11) is 0. The van der Waals surface area contributed by atoms with Crippen LogP contribution in [0.25, 0.3) is 0 Å². The second-order valence-corrected chi connectivity index (χ2v) is 9.62. The van der Waals surface area contributed by atoms with Crippen LogP contribution in [-0.2, 0) is 17.8 Å². The molecular weight excluding hydrogens is 426 g/mol. The quantitative estimate of drug-likeness (QED) is 0.587. The molecule has 0 radical (unpaired) electrons. The molecule has 0 bridgehead atoms. The summed E-state index contributed by atoms with van der Waals surface area (Å²) in [6.45, 7) is 5.34. The van der Waals surface area contributed by atoms with Crippen molar-refractivity contribution in [3.8, 4) is 0 Å². The molecule has 4 heterocycles. The summed E-state index contributed by atoms with van der Waals surface area (Å²) in [5.74, 6) is 0.816. The topological polar surface area (TPSA) is 98.7 Å². The molecule has 2 aromatic heterocycles. The van der Waals surface area contributed by atoms with Crippen molar-refractivity contribution in [2.45, 2.75) is 57.7 Å². The van der Waals surface area contributed by atoms with Crippen LogP contribution in [-0.4, -0.2) is 74.9 Å². The first-order chi connectivity index (χ1) is 15.5. The van der Waals surface area contributed by atoms with Gasteiger partial charge in [0.25, 0.3) is 0 Å². The van der Waals surface area contributed by atoms with Crippen molar-refractivity contribution in [3.05, 3.63) is 40.0 Å². The van der Waals surface area contributed by atoms with Gasteiger partial charge >= 0.3 is 0 Å². The molecule has 1 fully saturated rings. The van der Waals surface area contributed by atoms with Crippen molar-refractivity contribution in [2.75, 3.05) is 31.5 Å². The minimum absolute atomic E-state index is 0.0151. The Hall–Kier alpha value is -2.36. The molecule has 8 nitrogen and oxygen atoms in total. The molecule has 9 heteroatoms. The maximum atomic E-state index is 12.7. The minimum Gasteiger partial charge on any atom is -0.392 e.